The number of thiocarbonyl (C=S) groups is 1. The van der Waals surface area contributed by atoms with Gasteiger partial charge in [0.25, 0.3) is 0 Å². The van der Waals surface area contributed by atoms with Gasteiger partial charge in [-0.05, 0) is 38.3 Å². The van der Waals surface area contributed by atoms with Gasteiger partial charge in [-0.15, -0.1) is 0 Å². The molecule has 1 saturated carbocycles. The molecule has 0 atom stereocenters. The van der Waals surface area contributed by atoms with Crippen LogP contribution in [0.4, 0.5) is 0 Å². The lowest BCUT2D eigenvalue weighted by atomic mass is 9.80. The number of nitrogens with one attached hydrogen (secondary N) is 1. The number of hydrogen-bond donors (Lipinski definition) is 2. The second kappa shape index (κ2) is 4.56. The lowest BCUT2D eigenvalue weighted by molar-refractivity contribution is 0.248. The van der Waals surface area contributed by atoms with Crippen molar-refractivity contribution in [2.75, 3.05) is 0 Å². The fourth-order valence-corrected chi connectivity index (χ4v) is 3.41. The van der Waals surface area contributed by atoms with Gasteiger partial charge < -0.3 is 5.73 Å². The van der Waals surface area contributed by atoms with Crippen molar-refractivity contribution in [3.63, 3.8) is 0 Å². The fourth-order valence-electron chi connectivity index (χ4n) is 1.88. The van der Waals surface area contributed by atoms with Crippen molar-refractivity contribution in [3.05, 3.63) is 24.0 Å². The summed E-state index contributed by atoms with van der Waals surface area (Å²) in [5, 5.41) is 0. The zero-order valence-corrected chi connectivity index (χ0v) is 11.6. The molecule has 0 bridgehead atoms. The maximum absolute atomic E-state index is 12.1. The Morgan fingerprint density at radius 2 is 2.17 bits per heavy atom. The first-order valence-corrected chi connectivity index (χ1v) is 7.51. The van der Waals surface area contributed by atoms with Gasteiger partial charge in [-0.3, -0.25) is 4.98 Å². The summed E-state index contributed by atoms with van der Waals surface area (Å²) in [6, 6.07) is 2.98. The molecule has 0 unspecified atom stereocenters. The van der Waals surface area contributed by atoms with Crippen molar-refractivity contribution in [1.82, 2.24) is 9.71 Å². The SMILES string of the molecule is CC1(NS(=O)(=O)c2ccc(C(N)=S)nc2)CCC1. The standard InChI is InChI=1S/C11H15N3O2S2/c1-11(5-2-6-11)14-18(15,16)8-3-4-9(10(12)17)13-7-8/h3-4,7,14H,2,5-6H2,1H3,(H2,12,17). The van der Waals surface area contributed by atoms with Crippen LogP contribution in [0.15, 0.2) is 23.2 Å². The molecule has 2 rings (SSSR count). The van der Waals surface area contributed by atoms with E-state index in [-0.39, 0.29) is 15.4 Å². The predicted octanol–water partition coefficient (Wildman–Crippen LogP) is 0.937. The van der Waals surface area contributed by atoms with E-state index in [9.17, 15) is 8.42 Å². The van der Waals surface area contributed by atoms with Crippen molar-refractivity contribution in [2.24, 2.45) is 5.73 Å². The van der Waals surface area contributed by atoms with Crippen molar-refractivity contribution < 1.29 is 8.42 Å². The Labute approximate surface area is 112 Å². The summed E-state index contributed by atoms with van der Waals surface area (Å²) in [5.41, 5.74) is 5.51. The third-order valence-electron chi connectivity index (χ3n) is 3.14. The van der Waals surface area contributed by atoms with Crippen LogP contribution in [-0.4, -0.2) is 23.9 Å². The number of aromatic nitrogens is 1. The van der Waals surface area contributed by atoms with Crippen LogP contribution >= 0.6 is 12.2 Å². The average Bonchev–Trinajstić information content (AvgIpc) is 2.26. The average molecular weight is 285 g/mol. The zero-order valence-electron chi connectivity index (χ0n) is 10.0. The van der Waals surface area contributed by atoms with Gasteiger partial charge in [0.05, 0.1) is 5.69 Å². The maximum Gasteiger partial charge on any atom is 0.242 e. The highest BCUT2D eigenvalue weighted by atomic mass is 32.2. The molecule has 1 aromatic heterocycles. The Hall–Kier alpha value is -1.05. The molecule has 0 saturated heterocycles. The minimum Gasteiger partial charge on any atom is -0.388 e. The maximum atomic E-state index is 12.1. The van der Waals surface area contributed by atoms with E-state index in [0.717, 1.165) is 19.3 Å². The van der Waals surface area contributed by atoms with E-state index in [4.69, 9.17) is 18.0 Å². The summed E-state index contributed by atoms with van der Waals surface area (Å²) < 4.78 is 26.9. The Morgan fingerprint density at radius 3 is 2.56 bits per heavy atom. The van der Waals surface area contributed by atoms with Crippen molar-refractivity contribution >= 4 is 27.2 Å². The molecule has 7 heteroatoms. The van der Waals surface area contributed by atoms with Gasteiger partial charge >= 0.3 is 0 Å². The molecule has 18 heavy (non-hydrogen) atoms. The number of hydrogen-bond acceptors (Lipinski definition) is 4. The molecule has 5 nitrogen and oxygen atoms in total. The second-order valence-corrected chi connectivity index (χ2v) is 6.89. The number of sulfonamides is 1. The monoisotopic (exact) mass is 285 g/mol. The molecule has 1 aliphatic rings. The van der Waals surface area contributed by atoms with Crippen LogP contribution in [0.3, 0.4) is 0 Å². The highest BCUT2D eigenvalue weighted by molar-refractivity contribution is 7.89. The van der Waals surface area contributed by atoms with Crippen LogP contribution in [0.25, 0.3) is 0 Å². The number of pyridine rings is 1. The van der Waals surface area contributed by atoms with Gasteiger partial charge in [-0.25, -0.2) is 13.1 Å². The third-order valence-corrected chi connectivity index (χ3v) is 4.97. The van der Waals surface area contributed by atoms with E-state index in [1.807, 2.05) is 6.92 Å². The Morgan fingerprint density at radius 1 is 1.50 bits per heavy atom. The van der Waals surface area contributed by atoms with Gasteiger partial charge in [-0.1, -0.05) is 12.2 Å². The van der Waals surface area contributed by atoms with Gasteiger partial charge in [-0.2, -0.15) is 0 Å². The molecule has 1 heterocycles. The smallest absolute Gasteiger partial charge is 0.242 e. The minimum atomic E-state index is -3.52. The molecule has 1 fully saturated rings. The fraction of sp³-hybridized carbons (Fsp3) is 0.455. The van der Waals surface area contributed by atoms with Crippen LogP contribution in [-0.2, 0) is 10.0 Å². The summed E-state index contributed by atoms with van der Waals surface area (Å²) in [4.78, 5) is 4.22. The Kier molecular flexibility index (Phi) is 3.39. The zero-order chi connectivity index (χ0) is 13.4. The van der Waals surface area contributed by atoms with E-state index in [0.29, 0.717) is 5.69 Å². The van der Waals surface area contributed by atoms with Crippen molar-refractivity contribution in [1.29, 1.82) is 0 Å². The van der Waals surface area contributed by atoms with Crippen LogP contribution < -0.4 is 10.5 Å². The first-order chi connectivity index (χ1) is 8.32. The van der Waals surface area contributed by atoms with Gasteiger partial charge in [0.15, 0.2) is 0 Å². The highest BCUT2D eigenvalue weighted by Gasteiger charge is 2.36. The van der Waals surface area contributed by atoms with Gasteiger partial charge in [0.2, 0.25) is 10.0 Å². The molecule has 98 valence electrons. The molecular formula is C11H15N3O2S2. The topological polar surface area (TPSA) is 85.1 Å². The van der Waals surface area contributed by atoms with Crippen LogP contribution in [0.2, 0.25) is 0 Å². The van der Waals surface area contributed by atoms with E-state index >= 15 is 0 Å². The number of nitrogens with two attached hydrogens (primary N) is 1. The predicted molar refractivity (Wildman–Crippen MR) is 72.7 cm³/mol. The van der Waals surface area contributed by atoms with Crippen molar-refractivity contribution in [2.45, 2.75) is 36.6 Å². The first-order valence-electron chi connectivity index (χ1n) is 5.62. The summed E-state index contributed by atoms with van der Waals surface area (Å²) in [7, 11) is -3.52. The molecular weight excluding hydrogens is 270 g/mol. The quantitative estimate of drug-likeness (QED) is 0.804. The van der Waals surface area contributed by atoms with E-state index in [1.54, 1.807) is 0 Å². The summed E-state index contributed by atoms with van der Waals surface area (Å²) >= 11 is 4.76. The molecule has 3 N–H and O–H groups in total. The lowest BCUT2D eigenvalue weighted by Crippen LogP contribution is -2.50. The molecule has 0 spiro atoms. The molecule has 0 amide bonds. The van der Waals surface area contributed by atoms with Gasteiger partial charge in [0, 0.05) is 11.7 Å². The second-order valence-electron chi connectivity index (χ2n) is 4.76. The largest absolute Gasteiger partial charge is 0.388 e. The normalized spacial score (nSPS) is 18.1. The lowest BCUT2D eigenvalue weighted by Gasteiger charge is -2.38. The molecule has 1 aromatic rings. The van der Waals surface area contributed by atoms with Crippen molar-refractivity contribution in [3.8, 4) is 0 Å². The third kappa shape index (κ3) is 2.68. The van der Waals surface area contributed by atoms with Crippen LogP contribution in [0, 0.1) is 0 Å². The Bertz CT molecular complexity index is 562. The first kappa shape index (κ1) is 13.4. The Balaban J connectivity index is 2.22. The highest BCUT2D eigenvalue weighted by Crippen LogP contribution is 2.32. The van der Waals surface area contributed by atoms with E-state index in [1.165, 1.54) is 18.3 Å². The molecule has 0 aliphatic heterocycles. The molecule has 0 radical (unpaired) electrons. The number of nitrogens with zero attached hydrogens (tertiary/aromatic N) is 1. The van der Waals surface area contributed by atoms with Crippen LogP contribution in [0.1, 0.15) is 31.9 Å². The van der Waals surface area contributed by atoms with E-state index < -0.39 is 10.0 Å². The molecule has 0 aromatic carbocycles. The van der Waals surface area contributed by atoms with Gasteiger partial charge in [0.1, 0.15) is 9.88 Å². The number of rotatable bonds is 4. The van der Waals surface area contributed by atoms with E-state index in [2.05, 4.69) is 9.71 Å². The summed E-state index contributed by atoms with van der Waals surface area (Å²) in [6.07, 6.45) is 4.06. The summed E-state index contributed by atoms with van der Waals surface area (Å²) in [6.45, 7) is 1.91. The molecule has 1 aliphatic carbocycles. The minimum absolute atomic E-state index is 0.135. The summed E-state index contributed by atoms with van der Waals surface area (Å²) in [5.74, 6) is 0. The van der Waals surface area contributed by atoms with Crippen LogP contribution in [0.5, 0.6) is 0 Å².